The smallest absolute Gasteiger partial charge is 0.305 e. The Morgan fingerprint density at radius 1 is 0.821 bits per heavy atom. The van der Waals surface area contributed by atoms with E-state index in [2.05, 4.69) is 5.32 Å². The molecule has 1 rings (SSSR count). The molecule has 0 aliphatic carbocycles. The van der Waals surface area contributed by atoms with Crippen molar-refractivity contribution in [2.75, 3.05) is 6.61 Å². The minimum absolute atomic E-state index is 0.0885. The molecule has 0 aromatic carbocycles. The maximum Gasteiger partial charge on any atom is 0.305 e. The van der Waals surface area contributed by atoms with Crippen molar-refractivity contribution in [3.05, 3.63) is 0 Å². The van der Waals surface area contributed by atoms with Crippen LogP contribution in [-0.2, 0) is 47.7 Å². The molecule has 5 atom stereocenters. The highest BCUT2D eigenvalue weighted by atomic mass is 16.7. The van der Waals surface area contributed by atoms with Gasteiger partial charge in [-0.3, -0.25) is 24.0 Å². The molecule has 11 heteroatoms. The number of ether oxygens (including phenoxy) is 5. The van der Waals surface area contributed by atoms with Gasteiger partial charge in [0.2, 0.25) is 12.2 Å². The van der Waals surface area contributed by atoms with Crippen LogP contribution in [0.25, 0.3) is 0 Å². The molecule has 28 heavy (non-hydrogen) atoms. The number of carbonyl (C=O) groups excluding carboxylic acids is 5. The van der Waals surface area contributed by atoms with Crippen LogP contribution in [-0.4, -0.2) is 67.0 Å². The molecule has 0 radical (unpaired) electrons. The summed E-state index contributed by atoms with van der Waals surface area (Å²) in [6.07, 6.45) is -4.88. The Morgan fingerprint density at radius 2 is 1.36 bits per heavy atom. The Balaban J connectivity index is 3.31. The molecule has 158 valence electrons. The van der Waals surface area contributed by atoms with Crippen molar-refractivity contribution in [2.45, 2.75) is 71.7 Å². The highest BCUT2D eigenvalue weighted by Crippen LogP contribution is 2.28. The predicted octanol–water partition coefficient (Wildman–Crippen LogP) is -0.404. The predicted molar refractivity (Wildman–Crippen MR) is 90.4 cm³/mol. The second-order valence-electron chi connectivity index (χ2n) is 6.05. The second-order valence-corrected chi connectivity index (χ2v) is 6.05. The summed E-state index contributed by atoms with van der Waals surface area (Å²) in [5, 5.41) is 2.55. The van der Waals surface area contributed by atoms with Gasteiger partial charge in [-0.15, -0.1) is 0 Å². The quantitative estimate of drug-likeness (QED) is 0.440. The molecule has 0 unspecified atom stereocenters. The van der Waals surface area contributed by atoms with Gasteiger partial charge in [0.05, 0.1) is 0 Å². The maximum absolute atomic E-state index is 11.9. The molecule has 1 heterocycles. The van der Waals surface area contributed by atoms with Gasteiger partial charge in [-0.2, -0.15) is 0 Å². The van der Waals surface area contributed by atoms with E-state index >= 15 is 0 Å². The van der Waals surface area contributed by atoms with Gasteiger partial charge in [0.25, 0.3) is 0 Å². The third-order valence-electron chi connectivity index (χ3n) is 3.63. The Labute approximate surface area is 161 Å². The Kier molecular flexibility index (Phi) is 8.83. The summed E-state index contributed by atoms with van der Waals surface area (Å²) in [4.78, 5) is 57.8. The first-order valence-corrected chi connectivity index (χ1v) is 8.65. The van der Waals surface area contributed by atoms with E-state index in [1.54, 1.807) is 6.92 Å². The number of hydrogen-bond acceptors (Lipinski definition) is 10. The summed E-state index contributed by atoms with van der Waals surface area (Å²) < 4.78 is 26.1. The molecule has 0 bridgehead atoms. The second kappa shape index (κ2) is 10.6. The zero-order chi connectivity index (χ0) is 21.4. The monoisotopic (exact) mass is 403 g/mol. The van der Waals surface area contributed by atoms with Crippen LogP contribution < -0.4 is 5.32 Å². The molecule has 1 aliphatic rings. The maximum atomic E-state index is 11.9. The molecule has 0 aromatic heterocycles. The lowest BCUT2D eigenvalue weighted by atomic mass is 9.96. The minimum atomic E-state index is -1.37. The number of hydrogen-bond donors (Lipinski definition) is 1. The molecular formula is C17H25NO10. The van der Waals surface area contributed by atoms with Crippen molar-refractivity contribution in [3.8, 4) is 0 Å². The normalized spacial score (nSPS) is 26.5. The van der Waals surface area contributed by atoms with E-state index in [4.69, 9.17) is 23.7 Å². The molecule has 1 aliphatic heterocycles. The van der Waals surface area contributed by atoms with Gasteiger partial charge in [-0.1, -0.05) is 6.92 Å². The summed E-state index contributed by atoms with van der Waals surface area (Å²) in [6.45, 7) is 5.78. The number of rotatable bonds is 7. The standard InChI is InChI=1S/C17H25NO10/c1-6-13(23)18-14-16(26-10(4)21)15(25-9(3)20)12(7-24-8(2)19)28-17(14)27-11(5)22/h12,14-17H,6-7H2,1-5H3,(H,18,23)/t12-,14+,15+,16+,17-/m1/s1. The first kappa shape index (κ1) is 23.3. The van der Waals surface area contributed by atoms with E-state index in [-0.39, 0.29) is 13.0 Å². The van der Waals surface area contributed by atoms with E-state index in [0.29, 0.717) is 0 Å². The fourth-order valence-corrected chi connectivity index (χ4v) is 2.61. The van der Waals surface area contributed by atoms with Gasteiger partial charge >= 0.3 is 23.9 Å². The van der Waals surface area contributed by atoms with Crippen molar-refractivity contribution < 1.29 is 47.7 Å². The molecular weight excluding hydrogens is 378 g/mol. The van der Waals surface area contributed by atoms with E-state index in [1.807, 2.05) is 0 Å². The SMILES string of the molecule is CCC(=O)N[C@@H]1[C@H](OC(C)=O)O[C@H](COC(C)=O)[C@H](OC(C)=O)[C@H]1OC(C)=O. The number of amides is 1. The van der Waals surface area contributed by atoms with Gasteiger partial charge in [0.1, 0.15) is 18.8 Å². The van der Waals surface area contributed by atoms with Gasteiger partial charge in [0, 0.05) is 34.1 Å². The van der Waals surface area contributed by atoms with Crippen molar-refractivity contribution in [3.63, 3.8) is 0 Å². The van der Waals surface area contributed by atoms with Crippen LogP contribution in [0.5, 0.6) is 0 Å². The lowest BCUT2D eigenvalue weighted by Gasteiger charge is -2.44. The Bertz CT molecular complexity index is 619. The van der Waals surface area contributed by atoms with E-state index in [0.717, 1.165) is 20.8 Å². The van der Waals surface area contributed by atoms with Crippen LogP contribution in [0.4, 0.5) is 0 Å². The van der Waals surface area contributed by atoms with Gasteiger partial charge in [-0.25, -0.2) is 0 Å². The largest absolute Gasteiger partial charge is 0.463 e. The molecule has 11 nitrogen and oxygen atoms in total. The van der Waals surface area contributed by atoms with Crippen molar-refractivity contribution >= 4 is 29.8 Å². The van der Waals surface area contributed by atoms with Crippen LogP contribution in [0.1, 0.15) is 41.0 Å². The molecule has 0 saturated carbocycles. The summed E-state index contributed by atoms with van der Waals surface area (Å²) in [7, 11) is 0. The topological polar surface area (TPSA) is 144 Å². The van der Waals surface area contributed by atoms with E-state index in [1.165, 1.54) is 6.92 Å². The first-order chi connectivity index (χ1) is 13.0. The molecule has 0 spiro atoms. The summed E-state index contributed by atoms with van der Waals surface area (Å²) >= 11 is 0. The number of esters is 4. The first-order valence-electron chi connectivity index (χ1n) is 8.65. The minimum Gasteiger partial charge on any atom is -0.463 e. The number of carbonyl (C=O) groups is 5. The molecule has 1 N–H and O–H groups in total. The van der Waals surface area contributed by atoms with Gasteiger partial charge in [0.15, 0.2) is 12.2 Å². The van der Waals surface area contributed by atoms with Crippen molar-refractivity contribution in [1.82, 2.24) is 5.32 Å². The van der Waals surface area contributed by atoms with Gasteiger partial charge < -0.3 is 29.0 Å². The third kappa shape index (κ3) is 7.14. The van der Waals surface area contributed by atoms with Crippen LogP contribution in [0, 0.1) is 0 Å². The van der Waals surface area contributed by atoms with E-state index < -0.39 is 60.4 Å². The zero-order valence-corrected chi connectivity index (χ0v) is 16.4. The average Bonchev–Trinajstić information content (AvgIpc) is 2.56. The van der Waals surface area contributed by atoms with Crippen LogP contribution in [0.15, 0.2) is 0 Å². The average molecular weight is 403 g/mol. The van der Waals surface area contributed by atoms with Crippen LogP contribution in [0.2, 0.25) is 0 Å². The molecule has 1 fully saturated rings. The Hall–Kier alpha value is -2.69. The Morgan fingerprint density at radius 3 is 1.82 bits per heavy atom. The zero-order valence-electron chi connectivity index (χ0n) is 16.4. The molecule has 0 aromatic rings. The third-order valence-corrected chi connectivity index (χ3v) is 3.63. The number of nitrogens with one attached hydrogen (secondary N) is 1. The van der Waals surface area contributed by atoms with Crippen LogP contribution >= 0.6 is 0 Å². The van der Waals surface area contributed by atoms with Gasteiger partial charge in [-0.05, 0) is 0 Å². The van der Waals surface area contributed by atoms with E-state index in [9.17, 15) is 24.0 Å². The fraction of sp³-hybridized carbons (Fsp3) is 0.706. The highest BCUT2D eigenvalue weighted by Gasteiger charge is 2.52. The lowest BCUT2D eigenvalue weighted by molar-refractivity contribution is -0.271. The lowest BCUT2D eigenvalue weighted by Crippen LogP contribution is -2.66. The summed E-state index contributed by atoms with van der Waals surface area (Å²) in [6, 6.07) is -1.15. The summed E-state index contributed by atoms with van der Waals surface area (Å²) in [5.74, 6) is -3.24. The molecule has 1 amide bonds. The highest BCUT2D eigenvalue weighted by molar-refractivity contribution is 5.76. The van der Waals surface area contributed by atoms with Crippen molar-refractivity contribution in [2.24, 2.45) is 0 Å². The van der Waals surface area contributed by atoms with Crippen LogP contribution in [0.3, 0.4) is 0 Å². The summed E-state index contributed by atoms with van der Waals surface area (Å²) in [5.41, 5.74) is 0. The molecule has 1 saturated heterocycles. The fourth-order valence-electron chi connectivity index (χ4n) is 2.61. The van der Waals surface area contributed by atoms with Crippen molar-refractivity contribution in [1.29, 1.82) is 0 Å².